The molecule has 0 atom stereocenters. The van der Waals surface area contributed by atoms with Gasteiger partial charge in [-0.25, -0.2) is 0 Å². The molecule has 0 aliphatic heterocycles. The molecule has 4 rings (SSSR count). The number of unbranched alkanes of at least 4 members (excludes halogenated alkanes) is 6. The number of hydrogen-bond donors (Lipinski definition) is 1. The van der Waals surface area contributed by atoms with Crippen molar-refractivity contribution in [1.82, 2.24) is 5.32 Å². The Morgan fingerprint density at radius 2 is 1.36 bits per heavy atom. The van der Waals surface area contributed by atoms with Crippen LogP contribution in [-0.4, -0.2) is 11.4 Å². The van der Waals surface area contributed by atoms with Crippen LogP contribution in [0.1, 0.15) is 96.8 Å². The largest absolute Gasteiger partial charge is 0.351 e. The van der Waals surface area contributed by atoms with Gasteiger partial charge >= 0.3 is 0 Å². The lowest BCUT2D eigenvalue weighted by molar-refractivity contribution is -0.127. The molecule has 0 heterocycles. The fraction of sp³-hybridized carbons (Fsp3) is 0.950. The summed E-state index contributed by atoms with van der Waals surface area (Å²) in [5.74, 6) is 3.11. The molecule has 0 spiro atoms. The van der Waals surface area contributed by atoms with Gasteiger partial charge in [0.15, 0.2) is 0 Å². The summed E-state index contributed by atoms with van der Waals surface area (Å²) in [4.78, 5) is 12.4. The van der Waals surface area contributed by atoms with E-state index in [2.05, 4.69) is 12.2 Å². The van der Waals surface area contributed by atoms with E-state index < -0.39 is 0 Å². The van der Waals surface area contributed by atoms with Crippen LogP contribution in [0.2, 0.25) is 0 Å². The Morgan fingerprint density at radius 1 is 0.864 bits per heavy atom. The van der Waals surface area contributed by atoms with E-state index in [-0.39, 0.29) is 5.54 Å². The third-order valence-corrected chi connectivity index (χ3v) is 6.45. The number of carbonyl (C=O) groups is 1. The second kappa shape index (κ2) is 7.36. The summed E-state index contributed by atoms with van der Waals surface area (Å²) >= 11 is 0. The van der Waals surface area contributed by atoms with Gasteiger partial charge in [-0.05, 0) is 62.7 Å². The van der Waals surface area contributed by atoms with Crippen LogP contribution >= 0.6 is 0 Å². The summed E-state index contributed by atoms with van der Waals surface area (Å²) < 4.78 is 0. The smallest absolute Gasteiger partial charge is 0.220 e. The molecule has 0 aromatic rings. The summed E-state index contributed by atoms with van der Waals surface area (Å²) in [6.07, 6.45) is 18.0. The van der Waals surface area contributed by atoms with E-state index in [1.165, 1.54) is 77.0 Å². The third-order valence-electron chi connectivity index (χ3n) is 6.45. The zero-order chi connectivity index (χ0) is 15.4. The molecule has 4 fully saturated rings. The van der Waals surface area contributed by atoms with Crippen LogP contribution in [0.25, 0.3) is 0 Å². The maximum atomic E-state index is 12.4. The maximum absolute atomic E-state index is 12.4. The first-order chi connectivity index (χ1) is 10.7. The van der Waals surface area contributed by atoms with Crippen molar-refractivity contribution in [3.8, 4) is 0 Å². The van der Waals surface area contributed by atoms with Crippen molar-refractivity contribution in [2.75, 3.05) is 0 Å². The number of amides is 1. The Kier molecular flexibility index (Phi) is 5.46. The van der Waals surface area contributed by atoms with Crippen LogP contribution < -0.4 is 5.32 Å². The predicted octanol–water partition coefficient (Wildman–Crippen LogP) is 5.21. The van der Waals surface area contributed by atoms with Gasteiger partial charge < -0.3 is 5.32 Å². The molecular formula is C20H35NO. The Morgan fingerprint density at radius 3 is 1.91 bits per heavy atom. The zero-order valence-electron chi connectivity index (χ0n) is 14.5. The molecule has 0 saturated heterocycles. The van der Waals surface area contributed by atoms with Crippen LogP contribution in [0.3, 0.4) is 0 Å². The summed E-state index contributed by atoms with van der Waals surface area (Å²) in [6.45, 7) is 2.26. The first-order valence-corrected chi connectivity index (χ1v) is 10.00. The molecule has 0 aromatic heterocycles. The average molecular weight is 306 g/mol. The van der Waals surface area contributed by atoms with Crippen molar-refractivity contribution < 1.29 is 4.79 Å². The van der Waals surface area contributed by atoms with Gasteiger partial charge in [0.05, 0.1) is 0 Å². The van der Waals surface area contributed by atoms with E-state index in [1.54, 1.807) is 0 Å². The van der Waals surface area contributed by atoms with Crippen LogP contribution in [0.15, 0.2) is 0 Å². The molecule has 1 N–H and O–H groups in total. The van der Waals surface area contributed by atoms with Gasteiger partial charge in [0, 0.05) is 12.0 Å². The molecule has 126 valence electrons. The fourth-order valence-corrected chi connectivity index (χ4v) is 5.86. The highest BCUT2D eigenvalue weighted by atomic mass is 16.1. The normalized spacial score (nSPS) is 35.8. The lowest BCUT2D eigenvalue weighted by atomic mass is 9.53. The number of hydrogen-bond acceptors (Lipinski definition) is 1. The zero-order valence-corrected chi connectivity index (χ0v) is 14.5. The van der Waals surface area contributed by atoms with Crippen molar-refractivity contribution in [3.63, 3.8) is 0 Å². The van der Waals surface area contributed by atoms with Crippen LogP contribution in [-0.2, 0) is 4.79 Å². The van der Waals surface area contributed by atoms with Gasteiger partial charge in [0.2, 0.25) is 5.91 Å². The van der Waals surface area contributed by atoms with Crippen LogP contribution in [0.4, 0.5) is 0 Å². The third kappa shape index (κ3) is 4.06. The monoisotopic (exact) mass is 305 g/mol. The van der Waals surface area contributed by atoms with Crippen molar-refractivity contribution in [1.29, 1.82) is 0 Å². The summed E-state index contributed by atoms with van der Waals surface area (Å²) in [6, 6.07) is 0. The van der Waals surface area contributed by atoms with Gasteiger partial charge in [-0.15, -0.1) is 0 Å². The highest BCUT2D eigenvalue weighted by Gasteiger charge is 2.51. The van der Waals surface area contributed by atoms with E-state index in [1.807, 2.05) is 0 Å². The second-order valence-electron chi connectivity index (χ2n) is 8.62. The Hall–Kier alpha value is -0.530. The predicted molar refractivity (Wildman–Crippen MR) is 91.7 cm³/mol. The lowest BCUT2D eigenvalue weighted by Gasteiger charge is -2.56. The molecule has 2 nitrogen and oxygen atoms in total. The molecule has 4 aliphatic carbocycles. The van der Waals surface area contributed by atoms with E-state index in [4.69, 9.17) is 0 Å². The van der Waals surface area contributed by atoms with Gasteiger partial charge in [-0.2, -0.15) is 0 Å². The topological polar surface area (TPSA) is 29.1 Å². The van der Waals surface area contributed by atoms with Crippen molar-refractivity contribution in [2.45, 2.75) is 102 Å². The molecule has 1 amide bonds. The summed E-state index contributed by atoms with van der Waals surface area (Å²) in [5, 5.41) is 3.50. The lowest BCUT2D eigenvalue weighted by Crippen LogP contribution is -2.59. The number of rotatable bonds is 9. The summed E-state index contributed by atoms with van der Waals surface area (Å²) in [5.41, 5.74) is 0.215. The van der Waals surface area contributed by atoms with Crippen LogP contribution in [0, 0.1) is 17.8 Å². The Bertz CT molecular complexity index is 341. The molecule has 4 bridgehead atoms. The molecule has 4 saturated carbocycles. The van der Waals surface area contributed by atoms with E-state index in [0.717, 1.165) is 30.6 Å². The van der Waals surface area contributed by atoms with Gasteiger partial charge in [-0.3, -0.25) is 4.79 Å². The molecular weight excluding hydrogens is 270 g/mol. The quantitative estimate of drug-likeness (QED) is 0.582. The van der Waals surface area contributed by atoms with E-state index in [9.17, 15) is 4.79 Å². The highest BCUT2D eigenvalue weighted by Crippen LogP contribution is 2.55. The van der Waals surface area contributed by atoms with E-state index in [0.29, 0.717) is 5.91 Å². The highest BCUT2D eigenvalue weighted by molar-refractivity contribution is 5.76. The van der Waals surface area contributed by atoms with Gasteiger partial charge in [0.1, 0.15) is 0 Å². The number of nitrogens with one attached hydrogen (secondary N) is 1. The van der Waals surface area contributed by atoms with Crippen molar-refractivity contribution in [3.05, 3.63) is 0 Å². The average Bonchev–Trinajstić information content (AvgIpc) is 2.44. The Labute approximate surface area is 136 Å². The molecule has 2 heteroatoms. The van der Waals surface area contributed by atoms with E-state index >= 15 is 0 Å². The second-order valence-corrected chi connectivity index (χ2v) is 8.62. The van der Waals surface area contributed by atoms with Crippen molar-refractivity contribution in [2.24, 2.45) is 17.8 Å². The minimum absolute atomic E-state index is 0.215. The van der Waals surface area contributed by atoms with Crippen molar-refractivity contribution >= 4 is 5.91 Å². The first kappa shape index (κ1) is 16.3. The molecule has 4 aliphatic rings. The molecule has 0 unspecified atom stereocenters. The van der Waals surface area contributed by atoms with Gasteiger partial charge in [0.25, 0.3) is 0 Å². The van der Waals surface area contributed by atoms with Crippen LogP contribution in [0.5, 0.6) is 0 Å². The standard InChI is InChI=1S/C20H35NO/c1-2-3-4-5-6-7-8-9-19(22)21-20-13-16-10-17(14-20)12-18(11-16)15-20/h16-18H,2-15H2,1H3,(H,21,22). The fourth-order valence-electron chi connectivity index (χ4n) is 5.86. The minimum Gasteiger partial charge on any atom is -0.351 e. The molecule has 0 aromatic carbocycles. The minimum atomic E-state index is 0.215. The maximum Gasteiger partial charge on any atom is 0.220 e. The number of carbonyl (C=O) groups excluding carboxylic acids is 1. The SMILES string of the molecule is CCCCCCCCCC(=O)NC12CC3CC(CC(C3)C1)C2. The first-order valence-electron chi connectivity index (χ1n) is 10.00. The van der Waals surface area contributed by atoms with Gasteiger partial charge in [-0.1, -0.05) is 45.4 Å². The summed E-state index contributed by atoms with van der Waals surface area (Å²) in [7, 11) is 0. The Balaban J connectivity index is 1.34. The molecule has 0 radical (unpaired) electrons. The molecule has 22 heavy (non-hydrogen) atoms.